The second-order valence-electron chi connectivity index (χ2n) is 7.29. The number of carbonyl (C=O) groups excluding carboxylic acids is 1. The van der Waals surface area contributed by atoms with Crippen LogP contribution in [0.5, 0.6) is 0 Å². The van der Waals surface area contributed by atoms with E-state index in [9.17, 15) is 15.0 Å². The highest BCUT2D eigenvalue weighted by Gasteiger charge is 2.38. The Bertz CT molecular complexity index is 499. The van der Waals surface area contributed by atoms with Crippen LogP contribution in [-0.4, -0.2) is 43.7 Å². The van der Waals surface area contributed by atoms with Gasteiger partial charge in [-0.2, -0.15) is 0 Å². The summed E-state index contributed by atoms with van der Waals surface area (Å²) in [4.78, 5) is 12.6. The molecule has 5 nitrogen and oxygen atoms in total. The minimum absolute atomic E-state index is 0.0265. The van der Waals surface area contributed by atoms with E-state index in [2.05, 4.69) is 33.9 Å². The molecular formula is C17H28NO4Si-. The van der Waals surface area contributed by atoms with Crippen molar-refractivity contribution in [3.8, 4) is 0 Å². The summed E-state index contributed by atoms with van der Waals surface area (Å²) in [5, 5.41) is 21.1. The Kier molecular flexibility index (Phi) is 6.79. The number of carboxylic acid groups (broad SMARTS) is 1. The molecule has 0 heterocycles. The number of amides is 1. The molecule has 6 heteroatoms. The van der Waals surface area contributed by atoms with Gasteiger partial charge in [-0.05, 0) is 23.7 Å². The lowest BCUT2D eigenvalue weighted by atomic mass is 10.2. The molecule has 0 aliphatic heterocycles. The number of nitrogens with zero attached hydrogens (tertiary/aromatic N) is 1. The van der Waals surface area contributed by atoms with Crippen LogP contribution in [0.2, 0.25) is 18.1 Å². The molecule has 1 aromatic rings. The third kappa shape index (κ3) is 5.64. The molecule has 1 rings (SSSR count). The molecular weight excluding hydrogens is 310 g/mol. The second-order valence-corrected chi connectivity index (χ2v) is 12.1. The van der Waals surface area contributed by atoms with Gasteiger partial charge in [-0.15, -0.1) is 0 Å². The van der Waals surface area contributed by atoms with Gasteiger partial charge in [0.25, 0.3) is 0 Å². The highest BCUT2D eigenvalue weighted by atomic mass is 28.4. The molecule has 1 aromatic carbocycles. The maximum Gasteiger partial charge on any atom is 0.192 e. The van der Waals surface area contributed by atoms with Crippen molar-refractivity contribution < 1.29 is 19.4 Å². The van der Waals surface area contributed by atoms with Crippen molar-refractivity contribution in [2.75, 3.05) is 13.2 Å². The van der Waals surface area contributed by atoms with Crippen molar-refractivity contribution in [2.24, 2.45) is 0 Å². The summed E-state index contributed by atoms with van der Waals surface area (Å²) in [6, 6.07) is 8.63. The molecule has 0 radical (unpaired) electrons. The van der Waals surface area contributed by atoms with Crippen LogP contribution >= 0.6 is 0 Å². The molecule has 0 aromatic heterocycles. The molecule has 0 bridgehead atoms. The number of benzene rings is 1. The predicted octanol–water partition coefficient (Wildman–Crippen LogP) is 2.21. The summed E-state index contributed by atoms with van der Waals surface area (Å²) >= 11 is 0. The van der Waals surface area contributed by atoms with E-state index in [0.717, 1.165) is 10.5 Å². The normalized spacial score (nSPS) is 13.7. The molecule has 23 heavy (non-hydrogen) atoms. The zero-order valence-corrected chi connectivity index (χ0v) is 15.7. The minimum Gasteiger partial charge on any atom is -0.530 e. The van der Waals surface area contributed by atoms with E-state index in [0.29, 0.717) is 0 Å². The Hall–Kier alpha value is -1.37. The monoisotopic (exact) mass is 338 g/mol. The van der Waals surface area contributed by atoms with Crippen LogP contribution in [-0.2, 0) is 11.0 Å². The topological polar surface area (TPSA) is 72.8 Å². The number of hydrogen-bond acceptors (Lipinski definition) is 4. The maximum atomic E-state index is 11.5. The van der Waals surface area contributed by atoms with Crippen LogP contribution in [0.25, 0.3) is 0 Å². The van der Waals surface area contributed by atoms with Crippen LogP contribution in [0.3, 0.4) is 0 Å². The first-order valence-electron chi connectivity index (χ1n) is 7.85. The fraction of sp³-hybridized carbons (Fsp3) is 0.588. The lowest BCUT2D eigenvalue weighted by Gasteiger charge is -2.39. The van der Waals surface area contributed by atoms with Crippen molar-refractivity contribution in [1.29, 1.82) is 0 Å². The van der Waals surface area contributed by atoms with Gasteiger partial charge in [-0.25, -0.2) is 0 Å². The highest BCUT2D eigenvalue weighted by Crippen LogP contribution is 2.36. The average molecular weight is 339 g/mol. The van der Waals surface area contributed by atoms with Gasteiger partial charge in [0, 0.05) is 6.54 Å². The van der Waals surface area contributed by atoms with Gasteiger partial charge in [0.15, 0.2) is 8.32 Å². The third-order valence-electron chi connectivity index (χ3n) is 4.52. The van der Waals surface area contributed by atoms with Crippen molar-refractivity contribution in [1.82, 2.24) is 4.90 Å². The molecule has 130 valence electrons. The summed E-state index contributed by atoms with van der Waals surface area (Å²) in [6.45, 7) is 10.6. The number of rotatable bonds is 7. The Labute approximate surface area is 140 Å². The SMILES string of the molecule is CC(C)(C)[Si](C)(C)OC[C@H](CO)N(Cc1ccccc1)C(=O)[O-]. The Morgan fingerprint density at radius 1 is 1.30 bits per heavy atom. The Balaban J connectivity index is 2.81. The average Bonchev–Trinajstić information content (AvgIpc) is 2.46. The van der Waals surface area contributed by atoms with Crippen LogP contribution in [0.4, 0.5) is 4.79 Å². The molecule has 0 fully saturated rings. The summed E-state index contributed by atoms with van der Waals surface area (Å²) in [6.07, 6.45) is -1.30. The van der Waals surface area contributed by atoms with Gasteiger partial charge in [0.1, 0.15) is 6.09 Å². The first-order valence-corrected chi connectivity index (χ1v) is 10.8. The molecule has 1 amide bonds. The van der Waals surface area contributed by atoms with E-state index in [1.807, 2.05) is 30.3 Å². The van der Waals surface area contributed by atoms with Gasteiger partial charge in [-0.3, -0.25) is 0 Å². The van der Waals surface area contributed by atoms with E-state index >= 15 is 0 Å². The largest absolute Gasteiger partial charge is 0.530 e. The molecule has 0 aliphatic carbocycles. The first-order chi connectivity index (χ1) is 10.6. The van der Waals surface area contributed by atoms with Gasteiger partial charge in [0.2, 0.25) is 0 Å². The van der Waals surface area contributed by atoms with E-state index < -0.39 is 20.5 Å². The van der Waals surface area contributed by atoms with Gasteiger partial charge in [-0.1, -0.05) is 51.1 Å². The number of aliphatic hydroxyl groups is 1. The predicted molar refractivity (Wildman–Crippen MR) is 91.4 cm³/mol. The highest BCUT2D eigenvalue weighted by molar-refractivity contribution is 6.74. The lowest BCUT2D eigenvalue weighted by molar-refractivity contribution is -0.270. The maximum absolute atomic E-state index is 11.5. The number of carbonyl (C=O) groups is 1. The molecule has 0 spiro atoms. The van der Waals surface area contributed by atoms with E-state index in [1.165, 1.54) is 0 Å². The third-order valence-corrected chi connectivity index (χ3v) is 9.03. The summed E-state index contributed by atoms with van der Waals surface area (Å²) in [5.74, 6) is 0. The Morgan fingerprint density at radius 2 is 1.87 bits per heavy atom. The summed E-state index contributed by atoms with van der Waals surface area (Å²) in [7, 11) is -2.01. The van der Waals surface area contributed by atoms with Crippen molar-refractivity contribution in [2.45, 2.75) is 51.5 Å². The quantitative estimate of drug-likeness (QED) is 0.774. The van der Waals surface area contributed by atoms with Crippen molar-refractivity contribution in [3.05, 3.63) is 35.9 Å². The number of aliphatic hydroxyl groups excluding tert-OH is 1. The van der Waals surface area contributed by atoms with E-state index in [4.69, 9.17) is 4.43 Å². The molecule has 0 saturated heterocycles. The first kappa shape index (κ1) is 19.7. The lowest BCUT2D eigenvalue weighted by Crippen LogP contribution is -2.52. The Morgan fingerprint density at radius 3 is 2.30 bits per heavy atom. The van der Waals surface area contributed by atoms with Crippen LogP contribution in [0.15, 0.2) is 30.3 Å². The summed E-state index contributed by atoms with van der Waals surface area (Å²) in [5.41, 5.74) is 0.850. The fourth-order valence-electron chi connectivity index (χ4n) is 1.89. The van der Waals surface area contributed by atoms with Crippen LogP contribution < -0.4 is 5.11 Å². The molecule has 1 N–H and O–H groups in total. The molecule has 0 aliphatic rings. The van der Waals surface area contributed by atoms with Gasteiger partial charge >= 0.3 is 0 Å². The molecule has 0 saturated carbocycles. The fourth-order valence-corrected chi connectivity index (χ4v) is 2.93. The van der Waals surface area contributed by atoms with Crippen LogP contribution in [0, 0.1) is 0 Å². The van der Waals surface area contributed by atoms with Crippen molar-refractivity contribution >= 4 is 14.4 Å². The minimum atomic E-state index is -2.01. The summed E-state index contributed by atoms with van der Waals surface area (Å²) < 4.78 is 6.06. The smallest absolute Gasteiger partial charge is 0.192 e. The van der Waals surface area contributed by atoms with E-state index in [-0.39, 0.29) is 24.8 Å². The van der Waals surface area contributed by atoms with Gasteiger partial charge in [0.05, 0.1) is 19.3 Å². The standard InChI is InChI=1S/C17H29NO4Si/c1-17(2,3)23(4,5)22-13-15(12-19)18(16(20)21)11-14-9-7-6-8-10-14/h6-10,15,19H,11-13H2,1-5H3,(H,20,21)/p-1/t15-/m0/s1. The molecule has 1 atom stereocenters. The molecule has 0 unspecified atom stereocenters. The van der Waals surface area contributed by atoms with Crippen LogP contribution in [0.1, 0.15) is 26.3 Å². The van der Waals surface area contributed by atoms with E-state index in [1.54, 1.807) is 0 Å². The van der Waals surface area contributed by atoms with Gasteiger partial charge < -0.3 is 24.3 Å². The zero-order chi connectivity index (χ0) is 17.7. The zero-order valence-electron chi connectivity index (χ0n) is 14.7. The van der Waals surface area contributed by atoms with Crippen molar-refractivity contribution in [3.63, 3.8) is 0 Å². The second kappa shape index (κ2) is 7.94. The number of hydrogen-bond donors (Lipinski definition) is 1.